The number of amides is 1. The molecular formula is C20H22F2N6O11P2S. The fourth-order valence-corrected chi connectivity index (χ4v) is 7.24. The zero-order valence-electron chi connectivity index (χ0n) is 21.0. The van der Waals surface area contributed by atoms with Crippen molar-refractivity contribution in [2.45, 2.75) is 55.6 Å². The first-order valence-electron chi connectivity index (χ1n) is 12.2. The van der Waals surface area contributed by atoms with E-state index in [-0.39, 0.29) is 17.0 Å². The minimum atomic E-state index is -5.13. The molecule has 0 spiro atoms. The van der Waals surface area contributed by atoms with Crippen molar-refractivity contribution in [3.05, 3.63) is 24.9 Å². The minimum Gasteiger partial charge on any atom is -0.382 e. The quantitative estimate of drug-likeness (QED) is 0.290. The van der Waals surface area contributed by atoms with Gasteiger partial charge in [0.05, 0.1) is 26.0 Å². The van der Waals surface area contributed by atoms with E-state index in [4.69, 9.17) is 45.1 Å². The van der Waals surface area contributed by atoms with Crippen molar-refractivity contribution in [1.29, 1.82) is 0 Å². The Bertz CT molecular complexity index is 1550. The maximum absolute atomic E-state index is 15.8. The summed E-state index contributed by atoms with van der Waals surface area (Å²) in [7, 11) is -5.13. The second kappa shape index (κ2) is 11.0. The number of nitrogens with two attached hydrogens (primary N) is 1. The van der Waals surface area contributed by atoms with E-state index in [1.54, 1.807) is 0 Å². The fourth-order valence-electron chi connectivity index (χ4n) is 4.88. The van der Waals surface area contributed by atoms with E-state index in [0.717, 1.165) is 28.1 Å². The van der Waals surface area contributed by atoms with E-state index >= 15 is 8.78 Å². The third kappa shape index (κ3) is 5.53. The lowest BCUT2D eigenvalue weighted by Gasteiger charge is -2.32. The first kappa shape index (κ1) is 29.7. The molecule has 22 heteroatoms. The third-order valence-corrected chi connectivity index (χ3v) is 9.36. The molecule has 228 valence electrons. The number of phosphoric acid groups is 1. The molecule has 3 fully saturated rings. The smallest absolute Gasteiger partial charge is 0.382 e. The second-order valence-corrected chi connectivity index (χ2v) is 13.7. The zero-order chi connectivity index (χ0) is 30.0. The molecule has 0 saturated carbocycles. The van der Waals surface area contributed by atoms with Gasteiger partial charge in [-0.05, 0) is 17.9 Å². The molecule has 2 aromatic heterocycles. The zero-order valence-corrected chi connectivity index (χ0v) is 23.6. The lowest BCUT2D eigenvalue weighted by Crippen LogP contribution is -2.46. The van der Waals surface area contributed by atoms with Crippen LogP contribution in [0.1, 0.15) is 12.6 Å². The summed E-state index contributed by atoms with van der Waals surface area (Å²) in [6.45, 7) is -6.06. The van der Waals surface area contributed by atoms with Crippen LogP contribution in [0.4, 0.5) is 14.6 Å². The summed E-state index contributed by atoms with van der Waals surface area (Å²) in [6.07, 6.45) is -10.3. The number of imidazole rings is 1. The number of ether oxygens (including phenoxy) is 2. The number of alkyl halides is 2. The molecule has 42 heavy (non-hydrogen) atoms. The number of phosphoric ester groups is 1. The number of fused-ring (bicyclic) bond motifs is 4. The van der Waals surface area contributed by atoms with Gasteiger partial charge in [-0.25, -0.2) is 28.3 Å². The first-order valence-corrected chi connectivity index (χ1v) is 16.3. The average Bonchev–Trinajstić information content (AvgIpc) is 3.57. The van der Waals surface area contributed by atoms with E-state index in [1.807, 2.05) is 0 Å². The van der Waals surface area contributed by atoms with E-state index < -0.39 is 95.1 Å². The summed E-state index contributed by atoms with van der Waals surface area (Å²) in [5.74, 6) is -1.26. The first-order chi connectivity index (χ1) is 19.8. The lowest BCUT2D eigenvalue weighted by atomic mass is 10.1. The van der Waals surface area contributed by atoms with Crippen LogP contribution in [-0.4, -0.2) is 102 Å². The van der Waals surface area contributed by atoms with Crippen LogP contribution < -0.4 is 5.73 Å². The van der Waals surface area contributed by atoms with Crippen LogP contribution >= 0.6 is 14.5 Å². The largest absolute Gasteiger partial charge is 0.472 e. The van der Waals surface area contributed by atoms with Gasteiger partial charge in [-0.15, -0.1) is 0 Å². The molecule has 0 aliphatic carbocycles. The average molecular weight is 654 g/mol. The van der Waals surface area contributed by atoms with Gasteiger partial charge in [0.2, 0.25) is 5.91 Å². The van der Waals surface area contributed by atoms with Crippen LogP contribution in [-0.2, 0) is 53.5 Å². The molecular weight excluding hydrogens is 632 g/mol. The van der Waals surface area contributed by atoms with Gasteiger partial charge in [-0.2, -0.15) is 0 Å². The van der Waals surface area contributed by atoms with Gasteiger partial charge in [-0.3, -0.25) is 32.6 Å². The summed E-state index contributed by atoms with van der Waals surface area (Å²) in [5, 5.41) is 0. The number of allylic oxidation sites excluding steroid dienone is 1. The molecule has 10 atom stereocenters. The predicted octanol–water partition coefficient (Wildman–Crippen LogP) is 0.156. The van der Waals surface area contributed by atoms with Crippen LogP contribution in [0.15, 0.2) is 24.9 Å². The van der Waals surface area contributed by atoms with Crippen LogP contribution in [0.3, 0.4) is 0 Å². The normalized spacial score (nSPS) is 41.4. The Morgan fingerprint density at radius 1 is 1.00 bits per heavy atom. The molecule has 17 nitrogen and oxygen atoms in total. The molecule has 3 saturated heterocycles. The Kier molecular flexibility index (Phi) is 7.76. The minimum absolute atomic E-state index is 0.00957. The molecule has 2 aromatic rings. The van der Waals surface area contributed by atoms with Gasteiger partial charge in [0.25, 0.3) is 0 Å². The van der Waals surface area contributed by atoms with E-state index in [0.29, 0.717) is 0 Å². The third-order valence-electron chi connectivity index (χ3n) is 6.81. The number of hydrogen-bond acceptors (Lipinski definition) is 14. The molecule has 4 aliphatic rings. The van der Waals surface area contributed by atoms with E-state index in [1.165, 1.54) is 6.33 Å². The highest BCUT2D eigenvalue weighted by atomic mass is 32.5. The van der Waals surface area contributed by atoms with Crippen LogP contribution in [0, 0.1) is 0 Å². The Morgan fingerprint density at radius 2 is 1.74 bits per heavy atom. The number of ketones is 1. The summed E-state index contributed by atoms with van der Waals surface area (Å²) < 4.78 is 77.4. The maximum Gasteiger partial charge on any atom is 0.472 e. The Labute approximate surface area is 239 Å². The molecule has 6 heterocycles. The van der Waals surface area contributed by atoms with Crippen molar-refractivity contribution in [2.75, 3.05) is 18.9 Å². The van der Waals surface area contributed by atoms with E-state index in [9.17, 15) is 23.9 Å². The molecule has 6 rings (SSSR count). The van der Waals surface area contributed by atoms with Gasteiger partial charge in [0.1, 0.15) is 36.3 Å². The summed E-state index contributed by atoms with van der Waals surface area (Å²) in [4.78, 5) is 58.1. The van der Waals surface area contributed by atoms with E-state index in [2.05, 4.69) is 15.0 Å². The van der Waals surface area contributed by atoms with Crippen molar-refractivity contribution in [1.82, 2.24) is 24.4 Å². The molecule has 4 N–H and O–H groups in total. The van der Waals surface area contributed by atoms with Crippen LogP contribution in [0.2, 0.25) is 0 Å². The monoisotopic (exact) mass is 654 g/mol. The number of nitrogen functional groups attached to an aromatic ring is 1. The molecule has 0 radical (unpaired) electrons. The molecule has 4 aliphatic heterocycles. The fraction of sp³-hybridized carbons (Fsp3) is 0.550. The van der Waals surface area contributed by atoms with Crippen LogP contribution in [0.25, 0.3) is 11.2 Å². The standard InChI is InChI=1S/C20H22F2N6O11P2S/c21-12-9-4-34-40(31,32)38-15-10(37-19(13(15)22)28-7-26-14-17(23)24-6-25-18(14)28)5-35-41(33,42)39-16(12)20(36-9)27-2-1-8(29)3-11(27)30/h1-2,6-7,9-10,12-13,15-16,19-20H,3-5H2,(H,31,32)(H,33,42)(H2,23,24,25)/t9-,10-,12-,13-,15-,16-,19-,20-,41?/m1/s1. The summed E-state index contributed by atoms with van der Waals surface area (Å²) >= 11 is 5.05. The van der Waals surface area contributed by atoms with Gasteiger partial charge < -0.3 is 29.5 Å². The number of rotatable bonds is 2. The van der Waals surface area contributed by atoms with Crippen molar-refractivity contribution >= 4 is 55.0 Å². The molecule has 2 unspecified atom stereocenters. The Balaban J connectivity index is 1.29. The Hall–Kier alpha value is -2.35. The second-order valence-electron chi connectivity index (χ2n) is 9.53. The number of hydrogen-bond donors (Lipinski definition) is 3. The number of aromatic nitrogens is 4. The maximum atomic E-state index is 15.8. The van der Waals surface area contributed by atoms with Crippen molar-refractivity contribution < 1.29 is 60.3 Å². The Morgan fingerprint density at radius 3 is 2.50 bits per heavy atom. The number of anilines is 1. The van der Waals surface area contributed by atoms with Crippen molar-refractivity contribution in [3.63, 3.8) is 0 Å². The lowest BCUT2D eigenvalue weighted by molar-refractivity contribution is -0.148. The van der Waals surface area contributed by atoms with Crippen molar-refractivity contribution in [3.8, 4) is 0 Å². The summed E-state index contributed by atoms with van der Waals surface area (Å²) in [6, 6.07) is 0. The predicted molar refractivity (Wildman–Crippen MR) is 136 cm³/mol. The topological polar surface area (TPSA) is 220 Å². The number of carbonyl (C=O) groups excluding carboxylic acids is 2. The molecule has 1 amide bonds. The molecule has 2 bridgehead atoms. The van der Waals surface area contributed by atoms with Gasteiger partial charge in [-0.1, -0.05) is 0 Å². The van der Waals surface area contributed by atoms with Gasteiger partial charge in [0, 0.05) is 6.20 Å². The molecule has 0 aromatic carbocycles. The number of carbonyl (C=O) groups is 2. The highest BCUT2D eigenvalue weighted by molar-refractivity contribution is 8.07. The highest BCUT2D eigenvalue weighted by Gasteiger charge is 2.55. The highest BCUT2D eigenvalue weighted by Crippen LogP contribution is 2.53. The number of nitrogens with zero attached hydrogens (tertiary/aromatic N) is 5. The number of halogens is 2. The van der Waals surface area contributed by atoms with Gasteiger partial charge >= 0.3 is 14.5 Å². The van der Waals surface area contributed by atoms with Gasteiger partial charge in [0.15, 0.2) is 42.0 Å². The van der Waals surface area contributed by atoms with Crippen molar-refractivity contribution in [2.24, 2.45) is 0 Å². The summed E-state index contributed by atoms with van der Waals surface area (Å²) in [5.41, 5.74) is 6.02. The SMILES string of the molecule is Nc1ncnc2c1ncn2[C@@H]1O[C@@H]2COP(O)(=S)O[C@@H]3[C@H](F)[C@@H](COP(=O)(O)O[C@H]2[C@H]1F)O[C@H]3N1C=CC(=O)CC1=O. The van der Waals surface area contributed by atoms with Crippen LogP contribution in [0.5, 0.6) is 0 Å².